The van der Waals surface area contributed by atoms with Crippen LogP contribution in [0.3, 0.4) is 0 Å². The minimum absolute atomic E-state index is 0.119. The molecule has 4 aliphatic rings. The van der Waals surface area contributed by atoms with E-state index in [0.29, 0.717) is 25.1 Å². The minimum atomic E-state index is -5.08. The molecule has 2 aromatic rings. The Bertz CT molecular complexity index is 1220. The lowest BCUT2D eigenvalue weighted by molar-refractivity contribution is -0.192. The van der Waals surface area contributed by atoms with E-state index < -0.39 is 17.7 Å². The van der Waals surface area contributed by atoms with Crippen molar-refractivity contribution >= 4 is 12.1 Å². The zero-order valence-electron chi connectivity index (χ0n) is 24.4. The number of aliphatic carboxylic acids is 1. The fourth-order valence-corrected chi connectivity index (χ4v) is 5.55. The largest absolute Gasteiger partial charge is 0.490 e. The van der Waals surface area contributed by atoms with Gasteiger partial charge in [0, 0.05) is 19.0 Å². The van der Waals surface area contributed by atoms with Gasteiger partial charge in [-0.2, -0.15) is 13.2 Å². The van der Waals surface area contributed by atoms with E-state index in [1.807, 2.05) is 20.8 Å². The predicted molar refractivity (Wildman–Crippen MR) is 150 cm³/mol. The Balaban J connectivity index is 0.000000165. The lowest BCUT2D eigenvalue weighted by Crippen LogP contribution is -2.54. The van der Waals surface area contributed by atoms with Gasteiger partial charge in [-0.25, -0.2) is 9.59 Å². The first-order valence-corrected chi connectivity index (χ1v) is 14.5. The van der Waals surface area contributed by atoms with Crippen molar-refractivity contribution in [2.45, 2.75) is 76.9 Å². The first-order valence-electron chi connectivity index (χ1n) is 14.5. The molecular formula is C32H40F3NO6. The molecule has 1 saturated heterocycles. The van der Waals surface area contributed by atoms with Crippen LogP contribution < -0.4 is 0 Å². The molecule has 7 nitrogen and oxygen atoms in total. The van der Waals surface area contributed by atoms with Crippen molar-refractivity contribution in [2.24, 2.45) is 11.8 Å². The Morgan fingerprint density at radius 2 is 1.29 bits per heavy atom. The number of alkyl halides is 3. The molecule has 6 rings (SSSR count). The Kier molecular flexibility index (Phi) is 10.2. The molecule has 0 spiro atoms. The lowest BCUT2D eigenvalue weighted by Gasteiger charge is -2.44. The van der Waals surface area contributed by atoms with E-state index in [0.717, 1.165) is 32.0 Å². The molecule has 3 heterocycles. The second-order valence-electron chi connectivity index (χ2n) is 12.1. The van der Waals surface area contributed by atoms with Crippen molar-refractivity contribution in [1.82, 2.24) is 4.90 Å². The number of rotatable bonds is 2. The summed E-state index contributed by atoms with van der Waals surface area (Å²) < 4.78 is 49.0. The molecule has 230 valence electrons. The van der Waals surface area contributed by atoms with E-state index in [9.17, 15) is 18.0 Å². The molecule has 0 bridgehead atoms. The van der Waals surface area contributed by atoms with Crippen molar-refractivity contribution in [3.05, 3.63) is 70.8 Å². The zero-order chi connectivity index (χ0) is 30.5. The van der Waals surface area contributed by atoms with E-state index >= 15 is 0 Å². The number of amides is 1. The number of fused-ring (bicyclic) bond motifs is 2. The molecule has 0 radical (unpaired) electrons. The van der Waals surface area contributed by atoms with E-state index in [2.05, 4.69) is 48.5 Å². The van der Waals surface area contributed by atoms with Gasteiger partial charge in [-0.1, -0.05) is 55.0 Å². The molecule has 1 amide bonds. The molecule has 1 N–H and O–H groups in total. The van der Waals surface area contributed by atoms with Crippen LogP contribution in [0.5, 0.6) is 0 Å². The van der Waals surface area contributed by atoms with E-state index in [-0.39, 0.29) is 12.2 Å². The van der Waals surface area contributed by atoms with Crippen molar-refractivity contribution in [3.8, 4) is 0 Å². The molecule has 1 aliphatic carbocycles. The van der Waals surface area contributed by atoms with Crippen LogP contribution in [0.4, 0.5) is 18.0 Å². The fraction of sp³-hybridized carbons (Fsp3) is 0.562. The summed E-state index contributed by atoms with van der Waals surface area (Å²) >= 11 is 0. The molecule has 1 saturated carbocycles. The van der Waals surface area contributed by atoms with Gasteiger partial charge in [0.2, 0.25) is 0 Å². The van der Waals surface area contributed by atoms with Gasteiger partial charge in [0.05, 0.1) is 25.4 Å². The third-order valence-corrected chi connectivity index (χ3v) is 7.87. The number of halogens is 3. The third-order valence-electron chi connectivity index (χ3n) is 7.87. The van der Waals surface area contributed by atoms with Crippen LogP contribution in [-0.4, -0.2) is 60.1 Å². The summed E-state index contributed by atoms with van der Waals surface area (Å²) in [4.78, 5) is 22.6. The van der Waals surface area contributed by atoms with Gasteiger partial charge >= 0.3 is 18.2 Å². The van der Waals surface area contributed by atoms with Gasteiger partial charge < -0.3 is 24.2 Å². The maximum atomic E-state index is 12.0. The standard InChI is InChI=1S/C17H23NO3.C13H16O.C2HF3O2/c1-17(2,3)21-16(19)18-10-13(11-18)15-14-7-5-4-6-12(14)8-9-20-15;1-2-7-12-10(4-1)8-9-14-13(12)11-5-3-6-11;3-2(4,5)1(6)7/h4-7,13,15H,8-11H2,1-3H3;1-2,4,7,11,13H,3,5-6,8-9H2;(H,6,7)/t15-;13-;/m00./s1. The van der Waals surface area contributed by atoms with Gasteiger partial charge in [0.25, 0.3) is 0 Å². The summed E-state index contributed by atoms with van der Waals surface area (Å²) in [6.45, 7) is 8.79. The molecule has 0 unspecified atom stereocenters. The number of ether oxygens (including phenoxy) is 3. The molecule has 2 atom stereocenters. The van der Waals surface area contributed by atoms with Gasteiger partial charge in [0.1, 0.15) is 5.60 Å². The summed E-state index contributed by atoms with van der Waals surface area (Å²) in [5.74, 6) is -1.58. The molecule has 2 aromatic carbocycles. The van der Waals surface area contributed by atoms with Crippen LogP contribution in [0.1, 0.15) is 74.5 Å². The van der Waals surface area contributed by atoms with Gasteiger partial charge in [-0.05, 0) is 74.6 Å². The maximum absolute atomic E-state index is 12.0. The third kappa shape index (κ3) is 8.25. The number of hydrogen-bond donors (Lipinski definition) is 1. The molecule has 10 heteroatoms. The quantitative estimate of drug-likeness (QED) is 0.409. The number of hydrogen-bond acceptors (Lipinski definition) is 5. The molecule has 0 aromatic heterocycles. The van der Waals surface area contributed by atoms with Gasteiger partial charge in [-0.15, -0.1) is 0 Å². The molecule has 42 heavy (non-hydrogen) atoms. The zero-order valence-corrected chi connectivity index (χ0v) is 24.4. The van der Waals surface area contributed by atoms with Gasteiger partial charge in [0.15, 0.2) is 0 Å². The Labute approximate surface area is 244 Å². The van der Waals surface area contributed by atoms with Crippen molar-refractivity contribution in [2.75, 3.05) is 26.3 Å². The number of carboxylic acids is 1. The summed E-state index contributed by atoms with van der Waals surface area (Å²) in [7, 11) is 0. The second-order valence-corrected chi connectivity index (χ2v) is 12.1. The van der Waals surface area contributed by atoms with Crippen molar-refractivity contribution in [3.63, 3.8) is 0 Å². The number of likely N-dealkylation sites (tertiary alicyclic amines) is 1. The average Bonchev–Trinajstić information content (AvgIpc) is 2.86. The number of carbonyl (C=O) groups excluding carboxylic acids is 1. The van der Waals surface area contributed by atoms with Crippen LogP contribution >= 0.6 is 0 Å². The summed E-state index contributed by atoms with van der Waals surface area (Å²) in [6.07, 6.45) is 1.42. The van der Waals surface area contributed by atoms with E-state index in [1.54, 1.807) is 4.90 Å². The molecule has 2 fully saturated rings. The Morgan fingerprint density at radius 3 is 1.69 bits per heavy atom. The average molecular weight is 592 g/mol. The molecular weight excluding hydrogens is 551 g/mol. The number of nitrogens with zero attached hydrogens (tertiary/aromatic N) is 1. The van der Waals surface area contributed by atoms with Crippen LogP contribution in [0.15, 0.2) is 48.5 Å². The number of carbonyl (C=O) groups is 2. The topological polar surface area (TPSA) is 85.3 Å². The highest BCUT2D eigenvalue weighted by Crippen LogP contribution is 2.43. The summed E-state index contributed by atoms with van der Waals surface area (Å²) in [5.41, 5.74) is 5.21. The van der Waals surface area contributed by atoms with Crippen molar-refractivity contribution in [1.29, 1.82) is 0 Å². The van der Waals surface area contributed by atoms with Crippen LogP contribution in [0, 0.1) is 11.8 Å². The van der Waals surface area contributed by atoms with E-state index in [4.69, 9.17) is 24.1 Å². The minimum Gasteiger partial charge on any atom is -0.475 e. The first kappa shape index (κ1) is 31.8. The normalized spacial score (nSPS) is 22.0. The predicted octanol–water partition coefficient (Wildman–Crippen LogP) is 6.90. The number of carboxylic acid groups (broad SMARTS) is 1. The van der Waals surface area contributed by atoms with Gasteiger partial charge in [-0.3, -0.25) is 0 Å². The van der Waals surface area contributed by atoms with Crippen LogP contribution in [-0.2, 0) is 31.8 Å². The van der Waals surface area contributed by atoms with E-state index in [1.165, 1.54) is 41.5 Å². The Morgan fingerprint density at radius 1 is 0.833 bits per heavy atom. The highest BCUT2D eigenvalue weighted by Gasteiger charge is 2.41. The fourth-order valence-electron chi connectivity index (χ4n) is 5.55. The Hall–Kier alpha value is -3.11. The smallest absolute Gasteiger partial charge is 0.475 e. The number of benzene rings is 2. The highest BCUT2D eigenvalue weighted by molar-refractivity contribution is 5.73. The van der Waals surface area contributed by atoms with Crippen LogP contribution in [0.25, 0.3) is 0 Å². The maximum Gasteiger partial charge on any atom is 0.490 e. The summed E-state index contributed by atoms with van der Waals surface area (Å²) in [6, 6.07) is 17.2. The monoisotopic (exact) mass is 591 g/mol. The summed E-state index contributed by atoms with van der Waals surface area (Å²) in [5, 5.41) is 7.12. The first-order chi connectivity index (χ1) is 19.8. The molecule has 3 aliphatic heterocycles. The SMILES string of the molecule is CC(C)(C)OC(=O)N1CC([C@@H]2OCCc3ccccc32)C1.O=C(O)C(F)(F)F.c1ccc2c(c1)CCO[C@H]2C1CCC1. The second kappa shape index (κ2) is 13.5. The lowest BCUT2D eigenvalue weighted by atomic mass is 9.77. The van der Waals surface area contributed by atoms with Crippen molar-refractivity contribution < 1.29 is 42.1 Å². The van der Waals surface area contributed by atoms with Crippen LogP contribution in [0.2, 0.25) is 0 Å². The highest BCUT2D eigenvalue weighted by atomic mass is 19.4.